The maximum Gasteiger partial charge on any atom is 0.330 e. The molecule has 0 saturated carbocycles. The first-order valence-electron chi connectivity index (χ1n) is 5.39. The summed E-state index contributed by atoms with van der Waals surface area (Å²) in [5.41, 5.74) is 2.34. The van der Waals surface area contributed by atoms with E-state index < -0.39 is 25.0 Å². The summed E-state index contributed by atoms with van der Waals surface area (Å²) in [6.45, 7) is -1.60. The van der Waals surface area contributed by atoms with E-state index in [2.05, 4.69) is 20.2 Å². The fourth-order valence-corrected chi connectivity index (χ4v) is 1.29. The largest absolute Gasteiger partial charge is 0.373 e. The van der Waals surface area contributed by atoms with Gasteiger partial charge in [-0.25, -0.2) is 13.8 Å². The van der Waals surface area contributed by atoms with Crippen LogP contribution in [0.1, 0.15) is 5.82 Å². The zero-order valence-corrected chi connectivity index (χ0v) is 10.2. The van der Waals surface area contributed by atoms with Gasteiger partial charge in [-0.15, -0.1) is 0 Å². The Bertz CT molecular complexity index is 386. The Kier molecular flexibility index (Phi) is 5.63. The number of hydrogen-bond donors (Lipinski definition) is 2. The smallest absolute Gasteiger partial charge is 0.330 e. The number of halogens is 4. The highest BCUT2D eigenvalue weighted by Crippen LogP contribution is 2.22. The predicted molar refractivity (Wildman–Crippen MR) is 57.6 cm³/mol. The Hall–Kier alpha value is -1.26. The van der Waals surface area contributed by atoms with E-state index >= 15 is 0 Å². The predicted octanol–water partition coefficient (Wildman–Crippen LogP) is 0.107. The van der Waals surface area contributed by atoms with Crippen molar-refractivity contribution in [2.24, 2.45) is 12.9 Å². The van der Waals surface area contributed by atoms with Gasteiger partial charge in [0.1, 0.15) is 18.8 Å². The van der Waals surface area contributed by atoms with Crippen LogP contribution in [0.2, 0.25) is 0 Å². The van der Waals surface area contributed by atoms with Crippen molar-refractivity contribution in [3.05, 3.63) is 12.2 Å². The maximum absolute atomic E-state index is 12.6. The summed E-state index contributed by atoms with van der Waals surface area (Å²) in [6, 6.07) is -0.531. The normalized spacial score (nSPS) is 14.1. The van der Waals surface area contributed by atoms with Crippen LogP contribution in [-0.2, 0) is 18.2 Å². The minimum Gasteiger partial charge on any atom is -0.373 e. The van der Waals surface area contributed by atoms with Crippen LogP contribution in [0.15, 0.2) is 6.33 Å². The number of ether oxygens (including phenoxy) is 1. The van der Waals surface area contributed by atoms with Crippen molar-refractivity contribution in [3.63, 3.8) is 0 Å². The van der Waals surface area contributed by atoms with Crippen LogP contribution in [0.4, 0.5) is 17.6 Å². The Balaban J connectivity index is 2.40. The van der Waals surface area contributed by atoms with Crippen LogP contribution >= 0.6 is 0 Å². The fourth-order valence-electron chi connectivity index (χ4n) is 1.29. The van der Waals surface area contributed by atoms with Crippen LogP contribution in [-0.4, -0.2) is 46.4 Å². The van der Waals surface area contributed by atoms with Crippen LogP contribution in [0.3, 0.4) is 0 Å². The van der Waals surface area contributed by atoms with Crippen LogP contribution in [0, 0.1) is 0 Å². The number of aryl methyl sites for hydroxylation is 1. The van der Waals surface area contributed by atoms with E-state index in [-0.39, 0.29) is 13.0 Å². The number of nitrogens with zero attached hydrogens (tertiary/aromatic N) is 3. The van der Waals surface area contributed by atoms with Gasteiger partial charge >= 0.3 is 12.3 Å². The lowest BCUT2D eigenvalue weighted by molar-refractivity contribution is -0.167. The molecule has 0 aliphatic rings. The summed E-state index contributed by atoms with van der Waals surface area (Å²) in [4.78, 5) is 3.92. The van der Waals surface area contributed by atoms with Crippen molar-refractivity contribution in [1.82, 2.24) is 20.2 Å². The quantitative estimate of drug-likeness (QED) is 0.402. The summed E-state index contributed by atoms with van der Waals surface area (Å²) in [6.07, 6.45) is -2.15. The van der Waals surface area contributed by atoms with Gasteiger partial charge in [-0.1, -0.05) is 0 Å². The number of rotatable bonds is 8. The van der Waals surface area contributed by atoms with Crippen molar-refractivity contribution >= 4 is 0 Å². The van der Waals surface area contributed by atoms with Gasteiger partial charge in [0, 0.05) is 13.5 Å². The Morgan fingerprint density at radius 1 is 1.53 bits per heavy atom. The molecule has 1 aromatic rings. The summed E-state index contributed by atoms with van der Waals surface area (Å²) < 4.78 is 55.0. The molecule has 19 heavy (non-hydrogen) atoms. The number of nitrogens with one attached hydrogen (secondary N) is 1. The van der Waals surface area contributed by atoms with Crippen molar-refractivity contribution in [1.29, 1.82) is 0 Å². The lowest BCUT2D eigenvalue weighted by Gasteiger charge is -2.19. The SMILES string of the molecule is Cn1ncnc1CC(COCC(F)(F)C(F)F)NN. The van der Waals surface area contributed by atoms with Gasteiger partial charge in [-0.3, -0.25) is 16.0 Å². The lowest BCUT2D eigenvalue weighted by Crippen LogP contribution is -2.42. The Morgan fingerprint density at radius 3 is 2.68 bits per heavy atom. The molecular formula is C9H15F4N5O. The molecule has 0 radical (unpaired) electrons. The van der Waals surface area contributed by atoms with Crippen LogP contribution < -0.4 is 11.3 Å². The number of nitrogens with two attached hydrogens (primary N) is 1. The average molecular weight is 285 g/mol. The third kappa shape index (κ3) is 4.73. The lowest BCUT2D eigenvalue weighted by atomic mass is 10.2. The molecule has 0 aliphatic carbocycles. The zero-order chi connectivity index (χ0) is 14.5. The summed E-state index contributed by atoms with van der Waals surface area (Å²) >= 11 is 0. The highest BCUT2D eigenvalue weighted by molar-refractivity contribution is 4.88. The minimum atomic E-state index is -4.16. The molecule has 1 atom stereocenters. The molecule has 1 heterocycles. The topological polar surface area (TPSA) is 78.0 Å². The molecule has 0 saturated heterocycles. The molecule has 6 nitrogen and oxygen atoms in total. The molecule has 0 aliphatic heterocycles. The van der Waals surface area contributed by atoms with Crippen LogP contribution in [0.5, 0.6) is 0 Å². The molecule has 1 rings (SSSR count). The fraction of sp³-hybridized carbons (Fsp3) is 0.778. The zero-order valence-electron chi connectivity index (χ0n) is 10.2. The highest BCUT2D eigenvalue weighted by Gasteiger charge is 2.41. The first-order chi connectivity index (χ1) is 8.86. The first-order valence-corrected chi connectivity index (χ1v) is 5.39. The monoisotopic (exact) mass is 285 g/mol. The van der Waals surface area contributed by atoms with Gasteiger partial charge in [0.05, 0.1) is 12.6 Å². The van der Waals surface area contributed by atoms with Gasteiger partial charge in [0.25, 0.3) is 0 Å². The molecule has 0 fully saturated rings. The van der Waals surface area contributed by atoms with Gasteiger partial charge in [0.15, 0.2) is 0 Å². The number of hydrazine groups is 1. The highest BCUT2D eigenvalue weighted by atomic mass is 19.3. The van der Waals surface area contributed by atoms with Gasteiger partial charge in [-0.05, 0) is 0 Å². The van der Waals surface area contributed by atoms with Gasteiger partial charge < -0.3 is 4.74 Å². The molecule has 1 unspecified atom stereocenters. The summed E-state index contributed by atoms with van der Waals surface area (Å²) in [5.74, 6) is 1.63. The molecular weight excluding hydrogens is 270 g/mol. The van der Waals surface area contributed by atoms with Crippen molar-refractivity contribution in [2.45, 2.75) is 24.8 Å². The van der Waals surface area contributed by atoms with Gasteiger partial charge in [-0.2, -0.15) is 13.9 Å². The number of alkyl halides is 4. The second kappa shape index (κ2) is 6.78. The van der Waals surface area contributed by atoms with E-state index in [1.165, 1.54) is 11.0 Å². The van der Waals surface area contributed by atoms with Crippen molar-refractivity contribution in [2.75, 3.05) is 13.2 Å². The van der Waals surface area contributed by atoms with E-state index in [1.54, 1.807) is 7.05 Å². The second-order valence-electron chi connectivity index (χ2n) is 3.94. The molecule has 0 amide bonds. The number of aromatic nitrogens is 3. The van der Waals surface area contributed by atoms with E-state index in [1.807, 2.05) is 0 Å². The molecule has 10 heteroatoms. The van der Waals surface area contributed by atoms with Crippen molar-refractivity contribution in [3.8, 4) is 0 Å². The Morgan fingerprint density at radius 2 is 2.21 bits per heavy atom. The molecule has 0 bridgehead atoms. The standard InChI is InChI=1S/C9H15F4N5O/c1-18-7(15-5-16-18)2-6(17-14)3-19-4-9(12,13)8(10)11/h5-6,8,17H,2-4,14H2,1H3. The summed E-state index contributed by atoms with van der Waals surface area (Å²) in [5, 5.41) is 3.82. The molecule has 1 aromatic heterocycles. The van der Waals surface area contributed by atoms with E-state index in [9.17, 15) is 17.6 Å². The third-order valence-corrected chi connectivity index (χ3v) is 2.40. The summed E-state index contributed by atoms with van der Waals surface area (Å²) in [7, 11) is 1.65. The molecule has 0 spiro atoms. The molecule has 3 N–H and O–H groups in total. The van der Waals surface area contributed by atoms with Gasteiger partial charge in [0.2, 0.25) is 0 Å². The minimum absolute atomic E-state index is 0.244. The third-order valence-electron chi connectivity index (χ3n) is 2.40. The van der Waals surface area contributed by atoms with E-state index in [0.29, 0.717) is 5.82 Å². The van der Waals surface area contributed by atoms with Crippen LogP contribution in [0.25, 0.3) is 0 Å². The maximum atomic E-state index is 12.6. The van der Waals surface area contributed by atoms with E-state index in [4.69, 9.17) is 5.84 Å². The van der Waals surface area contributed by atoms with Crippen molar-refractivity contribution < 1.29 is 22.3 Å². The van der Waals surface area contributed by atoms with E-state index in [0.717, 1.165) is 0 Å². The average Bonchev–Trinajstić information content (AvgIpc) is 2.73. The first kappa shape index (κ1) is 15.8. The second-order valence-corrected chi connectivity index (χ2v) is 3.94. The number of hydrogen-bond acceptors (Lipinski definition) is 5. The molecule has 0 aromatic carbocycles. The molecule has 110 valence electrons. The Labute approximate surface area is 106 Å².